The summed E-state index contributed by atoms with van der Waals surface area (Å²) < 4.78 is 5.57. The zero-order chi connectivity index (χ0) is 17.0. The first-order valence-corrected chi connectivity index (χ1v) is 8.81. The van der Waals surface area contributed by atoms with E-state index in [9.17, 15) is 4.79 Å². The van der Waals surface area contributed by atoms with Crippen LogP contribution >= 0.6 is 11.6 Å². The van der Waals surface area contributed by atoms with Crippen molar-refractivity contribution in [3.63, 3.8) is 0 Å². The lowest BCUT2D eigenvalue weighted by atomic mass is 10.1. The molecule has 4 heteroatoms. The van der Waals surface area contributed by atoms with E-state index in [2.05, 4.69) is 29.6 Å². The fourth-order valence-electron chi connectivity index (χ4n) is 2.39. The molecule has 0 fully saturated rings. The Bertz CT molecular complexity index is 616. The van der Waals surface area contributed by atoms with Crippen molar-refractivity contribution in [2.45, 2.75) is 32.1 Å². The standard InChI is InChI=1S/C20H24ClNO2/c21-18-12-4-5-13-19(18)24-16-8-14-20(23)22-15-7-6-11-17-9-2-1-3-10-17/h1-5,9-10,12-13H,6-8,11,14-16H2,(H,22,23). The molecule has 0 radical (unpaired) electrons. The maximum absolute atomic E-state index is 11.8. The van der Waals surface area contributed by atoms with Gasteiger partial charge in [-0.1, -0.05) is 54.1 Å². The number of carbonyl (C=O) groups excluding carboxylic acids is 1. The number of nitrogens with one attached hydrogen (secondary N) is 1. The first-order valence-electron chi connectivity index (χ1n) is 8.43. The quantitative estimate of drug-likeness (QED) is 0.637. The highest BCUT2D eigenvalue weighted by Crippen LogP contribution is 2.23. The van der Waals surface area contributed by atoms with Crippen molar-refractivity contribution in [1.29, 1.82) is 0 Å². The maximum atomic E-state index is 11.8. The Morgan fingerprint density at radius 3 is 2.50 bits per heavy atom. The molecular weight excluding hydrogens is 322 g/mol. The zero-order valence-corrected chi connectivity index (χ0v) is 14.6. The molecule has 0 saturated carbocycles. The van der Waals surface area contributed by atoms with Gasteiger partial charge in [-0.25, -0.2) is 0 Å². The van der Waals surface area contributed by atoms with E-state index in [1.807, 2.05) is 24.3 Å². The lowest BCUT2D eigenvalue weighted by Gasteiger charge is -2.08. The van der Waals surface area contributed by atoms with Crippen LogP contribution in [0.25, 0.3) is 0 Å². The van der Waals surface area contributed by atoms with E-state index in [1.54, 1.807) is 6.07 Å². The average Bonchev–Trinajstić information content (AvgIpc) is 2.61. The summed E-state index contributed by atoms with van der Waals surface area (Å²) in [6.07, 6.45) is 4.29. The first-order chi connectivity index (χ1) is 11.8. The Balaban J connectivity index is 1.49. The maximum Gasteiger partial charge on any atom is 0.220 e. The minimum atomic E-state index is 0.0810. The van der Waals surface area contributed by atoms with Gasteiger partial charge in [-0.3, -0.25) is 4.79 Å². The van der Waals surface area contributed by atoms with Crippen LogP contribution in [0.4, 0.5) is 0 Å². The van der Waals surface area contributed by atoms with Crippen LogP contribution in [-0.2, 0) is 11.2 Å². The van der Waals surface area contributed by atoms with E-state index < -0.39 is 0 Å². The van der Waals surface area contributed by atoms with Gasteiger partial charge in [0, 0.05) is 13.0 Å². The molecule has 2 rings (SSSR count). The number of aryl methyl sites for hydroxylation is 1. The molecular formula is C20H24ClNO2. The van der Waals surface area contributed by atoms with E-state index >= 15 is 0 Å². The van der Waals surface area contributed by atoms with E-state index in [0.717, 1.165) is 25.8 Å². The van der Waals surface area contributed by atoms with E-state index in [0.29, 0.717) is 30.2 Å². The number of amides is 1. The number of hydrogen-bond acceptors (Lipinski definition) is 2. The van der Waals surface area contributed by atoms with Gasteiger partial charge in [0.15, 0.2) is 0 Å². The molecule has 1 amide bonds. The number of hydrogen-bond donors (Lipinski definition) is 1. The first kappa shape index (κ1) is 18.3. The molecule has 3 nitrogen and oxygen atoms in total. The lowest BCUT2D eigenvalue weighted by Crippen LogP contribution is -2.24. The van der Waals surface area contributed by atoms with Crippen LogP contribution in [0, 0.1) is 0 Å². The van der Waals surface area contributed by atoms with Crippen LogP contribution in [0.1, 0.15) is 31.2 Å². The lowest BCUT2D eigenvalue weighted by molar-refractivity contribution is -0.121. The largest absolute Gasteiger partial charge is 0.492 e. The highest BCUT2D eigenvalue weighted by atomic mass is 35.5. The smallest absolute Gasteiger partial charge is 0.220 e. The molecule has 128 valence electrons. The Labute approximate surface area is 149 Å². The summed E-state index contributed by atoms with van der Waals surface area (Å²) in [6, 6.07) is 17.8. The Morgan fingerprint density at radius 2 is 1.71 bits per heavy atom. The van der Waals surface area contributed by atoms with Crippen molar-refractivity contribution in [3.05, 3.63) is 65.2 Å². The third-order valence-corrected chi connectivity index (χ3v) is 4.01. The molecule has 0 aliphatic carbocycles. The fourth-order valence-corrected chi connectivity index (χ4v) is 2.58. The molecule has 0 bridgehead atoms. The number of unbranched alkanes of at least 4 members (excludes halogenated alkanes) is 1. The van der Waals surface area contributed by atoms with Gasteiger partial charge in [-0.05, 0) is 43.4 Å². The Hall–Kier alpha value is -2.00. The van der Waals surface area contributed by atoms with Gasteiger partial charge < -0.3 is 10.1 Å². The van der Waals surface area contributed by atoms with Gasteiger partial charge in [0.2, 0.25) is 5.91 Å². The average molecular weight is 346 g/mol. The molecule has 0 aliphatic heterocycles. The van der Waals surface area contributed by atoms with Crippen LogP contribution in [0.15, 0.2) is 54.6 Å². The number of halogens is 1. The third kappa shape index (κ3) is 7.05. The van der Waals surface area contributed by atoms with E-state index in [-0.39, 0.29) is 5.91 Å². The van der Waals surface area contributed by atoms with Gasteiger partial charge in [0.05, 0.1) is 11.6 Å². The topological polar surface area (TPSA) is 38.3 Å². The predicted octanol–water partition coefficient (Wildman–Crippen LogP) is 4.64. The van der Waals surface area contributed by atoms with Crippen molar-refractivity contribution in [3.8, 4) is 5.75 Å². The third-order valence-electron chi connectivity index (χ3n) is 3.70. The molecule has 0 unspecified atom stereocenters. The second-order valence-corrected chi connectivity index (χ2v) is 6.08. The SMILES string of the molecule is O=C(CCCOc1ccccc1Cl)NCCCCc1ccccc1. The molecule has 2 aromatic rings. The van der Waals surface area contributed by atoms with Crippen LogP contribution in [0.3, 0.4) is 0 Å². The van der Waals surface area contributed by atoms with Crippen LogP contribution in [0.2, 0.25) is 5.02 Å². The number of para-hydroxylation sites is 1. The van der Waals surface area contributed by atoms with Gasteiger partial charge in [-0.2, -0.15) is 0 Å². The summed E-state index contributed by atoms with van der Waals surface area (Å²) in [5.74, 6) is 0.748. The molecule has 1 N–H and O–H groups in total. The van der Waals surface area contributed by atoms with Gasteiger partial charge in [-0.15, -0.1) is 0 Å². The van der Waals surface area contributed by atoms with Crippen LogP contribution < -0.4 is 10.1 Å². The molecule has 0 spiro atoms. The van der Waals surface area contributed by atoms with Crippen molar-refractivity contribution >= 4 is 17.5 Å². The van der Waals surface area contributed by atoms with E-state index in [1.165, 1.54) is 5.56 Å². The Morgan fingerprint density at radius 1 is 0.958 bits per heavy atom. The van der Waals surface area contributed by atoms with Gasteiger partial charge in [0.1, 0.15) is 5.75 Å². The Kier molecular flexibility index (Phi) is 8.19. The minimum absolute atomic E-state index is 0.0810. The van der Waals surface area contributed by atoms with Crippen molar-refractivity contribution in [1.82, 2.24) is 5.32 Å². The summed E-state index contributed by atoms with van der Waals surface area (Å²) in [5, 5.41) is 3.56. The van der Waals surface area contributed by atoms with Crippen molar-refractivity contribution < 1.29 is 9.53 Å². The second kappa shape index (κ2) is 10.7. The molecule has 2 aromatic carbocycles. The van der Waals surface area contributed by atoms with Crippen molar-refractivity contribution in [2.24, 2.45) is 0 Å². The highest BCUT2D eigenvalue weighted by molar-refractivity contribution is 6.32. The van der Waals surface area contributed by atoms with Crippen LogP contribution in [0.5, 0.6) is 5.75 Å². The molecule has 24 heavy (non-hydrogen) atoms. The molecule has 0 aliphatic rings. The highest BCUT2D eigenvalue weighted by Gasteiger charge is 2.03. The molecule has 0 atom stereocenters. The van der Waals surface area contributed by atoms with E-state index in [4.69, 9.17) is 16.3 Å². The normalized spacial score (nSPS) is 10.4. The van der Waals surface area contributed by atoms with Crippen molar-refractivity contribution in [2.75, 3.05) is 13.2 Å². The monoisotopic (exact) mass is 345 g/mol. The molecule has 0 saturated heterocycles. The summed E-state index contributed by atoms with van der Waals surface area (Å²) in [7, 11) is 0. The van der Waals surface area contributed by atoms with Crippen LogP contribution in [-0.4, -0.2) is 19.1 Å². The zero-order valence-electron chi connectivity index (χ0n) is 13.8. The second-order valence-electron chi connectivity index (χ2n) is 5.68. The van der Waals surface area contributed by atoms with Gasteiger partial charge in [0.25, 0.3) is 0 Å². The molecule has 0 aromatic heterocycles. The number of rotatable bonds is 10. The summed E-state index contributed by atoms with van der Waals surface area (Å²) in [5.41, 5.74) is 1.35. The number of benzene rings is 2. The fraction of sp³-hybridized carbons (Fsp3) is 0.350. The number of carbonyl (C=O) groups is 1. The van der Waals surface area contributed by atoms with Gasteiger partial charge >= 0.3 is 0 Å². The molecule has 0 heterocycles. The number of ether oxygens (including phenoxy) is 1. The minimum Gasteiger partial charge on any atom is -0.492 e. The predicted molar refractivity (Wildman–Crippen MR) is 98.6 cm³/mol. The summed E-state index contributed by atoms with van der Waals surface area (Å²) in [4.78, 5) is 11.8. The summed E-state index contributed by atoms with van der Waals surface area (Å²) >= 11 is 6.00. The summed E-state index contributed by atoms with van der Waals surface area (Å²) in [6.45, 7) is 1.22.